The molecule has 1 aromatic heterocycles. The maximum atomic E-state index is 11.5. The van der Waals surface area contributed by atoms with Gasteiger partial charge in [-0.25, -0.2) is 9.78 Å². The van der Waals surface area contributed by atoms with Crippen LogP contribution in [0.3, 0.4) is 0 Å². The SMILES string of the molecule is COC(=O)c1csc(C(C)(C)N2CCC2=O)n1. The monoisotopic (exact) mass is 254 g/mol. The Morgan fingerprint density at radius 2 is 2.29 bits per heavy atom. The van der Waals surface area contributed by atoms with Gasteiger partial charge in [-0.3, -0.25) is 4.79 Å². The van der Waals surface area contributed by atoms with E-state index in [0.717, 1.165) is 11.6 Å². The van der Waals surface area contributed by atoms with Gasteiger partial charge in [0.05, 0.1) is 12.6 Å². The normalized spacial score (nSPS) is 15.7. The summed E-state index contributed by atoms with van der Waals surface area (Å²) in [5, 5.41) is 2.42. The van der Waals surface area contributed by atoms with E-state index in [-0.39, 0.29) is 5.91 Å². The van der Waals surface area contributed by atoms with Crippen LogP contribution in [-0.4, -0.2) is 35.4 Å². The van der Waals surface area contributed by atoms with E-state index in [2.05, 4.69) is 9.72 Å². The first-order valence-corrected chi connectivity index (χ1v) is 6.19. The predicted octanol–water partition coefficient (Wildman–Crippen LogP) is 1.40. The molecule has 0 radical (unpaired) electrons. The molecule has 0 atom stereocenters. The van der Waals surface area contributed by atoms with Crippen molar-refractivity contribution < 1.29 is 14.3 Å². The number of carbonyl (C=O) groups excluding carboxylic acids is 2. The maximum Gasteiger partial charge on any atom is 0.357 e. The molecule has 0 saturated carbocycles. The van der Waals surface area contributed by atoms with Crippen LogP contribution in [0.15, 0.2) is 5.38 Å². The number of β-lactam (4-membered cyclic amide) rings is 1. The summed E-state index contributed by atoms with van der Waals surface area (Å²) in [5.41, 5.74) is -0.153. The van der Waals surface area contributed by atoms with Crippen LogP contribution in [0.4, 0.5) is 0 Å². The van der Waals surface area contributed by atoms with E-state index in [4.69, 9.17) is 0 Å². The Kier molecular flexibility index (Phi) is 2.91. The molecule has 1 fully saturated rings. The molecule has 0 aliphatic carbocycles. The van der Waals surface area contributed by atoms with Crippen LogP contribution in [0.25, 0.3) is 0 Å². The van der Waals surface area contributed by atoms with Gasteiger partial charge in [-0.05, 0) is 13.8 Å². The van der Waals surface area contributed by atoms with Crippen molar-refractivity contribution in [1.29, 1.82) is 0 Å². The molecule has 1 amide bonds. The number of methoxy groups -OCH3 is 1. The van der Waals surface area contributed by atoms with Crippen molar-refractivity contribution in [3.63, 3.8) is 0 Å². The Bertz CT molecular complexity index is 467. The number of hydrogen-bond donors (Lipinski definition) is 0. The minimum Gasteiger partial charge on any atom is -0.464 e. The van der Waals surface area contributed by atoms with Gasteiger partial charge in [0, 0.05) is 18.3 Å². The lowest BCUT2D eigenvalue weighted by atomic mass is 9.98. The van der Waals surface area contributed by atoms with Crippen molar-refractivity contribution in [3.8, 4) is 0 Å². The lowest BCUT2D eigenvalue weighted by Gasteiger charge is -2.43. The van der Waals surface area contributed by atoms with E-state index < -0.39 is 11.5 Å². The number of carbonyl (C=O) groups is 2. The highest BCUT2D eigenvalue weighted by Crippen LogP contribution is 2.34. The lowest BCUT2D eigenvalue weighted by molar-refractivity contribution is -0.147. The van der Waals surface area contributed by atoms with Crippen molar-refractivity contribution in [2.75, 3.05) is 13.7 Å². The molecule has 1 aliphatic heterocycles. The fourth-order valence-corrected chi connectivity index (χ4v) is 2.70. The topological polar surface area (TPSA) is 59.5 Å². The highest BCUT2D eigenvalue weighted by Gasteiger charge is 2.40. The molecular formula is C11H14N2O3S. The van der Waals surface area contributed by atoms with Gasteiger partial charge in [-0.1, -0.05) is 0 Å². The Labute approximate surface area is 103 Å². The van der Waals surface area contributed by atoms with Crippen molar-refractivity contribution in [1.82, 2.24) is 9.88 Å². The molecule has 2 rings (SSSR count). The number of thiazole rings is 1. The average Bonchev–Trinajstić information content (AvgIpc) is 2.75. The van der Waals surface area contributed by atoms with Crippen LogP contribution in [0.2, 0.25) is 0 Å². The highest BCUT2D eigenvalue weighted by atomic mass is 32.1. The summed E-state index contributed by atoms with van der Waals surface area (Å²) in [6.07, 6.45) is 0.596. The number of rotatable bonds is 3. The highest BCUT2D eigenvalue weighted by molar-refractivity contribution is 7.10. The smallest absolute Gasteiger partial charge is 0.357 e. The van der Waals surface area contributed by atoms with E-state index >= 15 is 0 Å². The standard InChI is InChI=1S/C11H14N2O3S/c1-11(2,13-5-4-8(13)14)10-12-7(6-17-10)9(15)16-3/h6H,4-5H2,1-3H3. The second-order valence-corrected chi connectivity index (χ2v) is 5.24. The number of esters is 1. The number of amides is 1. The third kappa shape index (κ3) is 1.93. The van der Waals surface area contributed by atoms with Gasteiger partial charge >= 0.3 is 5.97 Å². The third-order valence-electron chi connectivity index (χ3n) is 2.95. The molecule has 2 heterocycles. The number of nitrogens with zero attached hydrogens (tertiary/aromatic N) is 2. The largest absolute Gasteiger partial charge is 0.464 e. The molecule has 0 unspecified atom stereocenters. The van der Waals surface area contributed by atoms with Crippen LogP contribution < -0.4 is 0 Å². The summed E-state index contributed by atoms with van der Waals surface area (Å²) in [6, 6.07) is 0. The Morgan fingerprint density at radius 3 is 2.76 bits per heavy atom. The van der Waals surface area contributed by atoms with Gasteiger partial charge < -0.3 is 9.64 Å². The van der Waals surface area contributed by atoms with E-state index in [9.17, 15) is 9.59 Å². The average molecular weight is 254 g/mol. The zero-order valence-electron chi connectivity index (χ0n) is 10.0. The summed E-state index contributed by atoms with van der Waals surface area (Å²) in [7, 11) is 1.32. The zero-order valence-corrected chi connectivity index (χ0v) is 10.8. The minimum absolute atomic E-state index is 0.129. The summed E-state index contributed by atoms with van der Waals surface area (Å²) >= 11 is 1.37. The lowest BCUT2D eigenvalue weighted by Crippen LogP contribution is -2.53. The van der Waals surface area contributed by atoms with Crippen LogP contribution in [0.1, 0.15) is 35.8 Å². The molecule has 0 bridgehead atoms. The van der Waals surface area contributed by atoms with Crippen LogP contribution in [-0.2, 0) is 15.1 Å². The summed E-state index contributed by atoms with van der Waals surface area (Å²) in [5.74, 6) is -0.317. The molecule has 17 heavy (non-hydrogen) atoms. The first-order valence-electron chi connectivity index (χ1n) is 5.31. The molecule has 1 saturated heterocycles. The number of aromatic nitrogens is 1. The molecule has 0 spiro atoms. The fraction of sp³-hybridized carbons (Fsp3) is 0.545. The van der Waals surface area contributed by atoms with Gasteiger partial charge in [0.25, 0.3) is 0 Å². The summed E-state index contributed by atoms with van der Waals surface area (Å²) in [6.45, 7) is 4.62. The predicted molar refractivity (Wildman–Crippen MR) is 62.8 cm³/mol. The van der Waals surface area contributed by atoms with E-state index in [0.29, 0.717) is 12.1 Å². The first kappa shape index (κ1) is 12.0. The minimum atomic E-state index is -0.452. The van der Waals surface area contributed by atoms with E-state index in [1.165, 1.54) is 18.4 Å². The van der Waals surface area contributed by atoms with E-state index in [1.807, 2.05) is 13.8 Å². The van der Waals surface area contributed by atoms with Crippen molar-refractivity contribution in [2.45, 2.75) is 25.8 Å². The van der Waals surface area contributed by atoms with Crippen molar-refractivity contribution in [3.05, 3.63) is 16.1 Å². The van der Waals surface area contributed by atoms with Crippen LogP contribution >= 0.6 is 11.3 Å². The van der Waals surface area contributed by atoms with Gasteiger partial charge in [-0.2, -0.15) is 0 Å². The van der Waals surface area contributed by atoms with Gasteiger partial charge in [0.2, 0.25) is 5.91 Å². The van der Waals surface area contributed by atoms with Crippen LogP contribution in [0, 0.1) is 0 Å². The van der Waals surface area contributed by atoms with Crippen molar-refractivity contribution >= 4 is 23.2 Å². The second kappa shape index (κ2) is 4.10. The first-order chi connectivity index (χ1) is 7.96. The Morgan fingerprint density at radius 1 is 1.59 bits per heavy atom. The van der Waals surface area contributed by atoms with Crippen LogP contribution in [0.5, 0.6) is 0 Å². The Balaban J connectivity index is 2.24. The fourth-order valence-electron chi connectivity index (χ4n) is 1.77. The summed E-state index contributed by atoms with van der Waals surface area (Å²) in [4.78, 5) is 28.8. The molecule has 6 heteroatoms. The maximum absolute atomic E-state index is 11.5. The quantitative estimate of drug-likeness (QED) is 0.604. The molecular weight excluding hydrogens is 240 g/mol. The number of hydrogen-bond acceptors (Lipinski definition) is 5. The Hall–Kier alpha value is -1.43. The second-order valence-electron chi connectivity index (χ2n) is 4.38. The van der Waals surface area contributed by atoms with Gasteiger partial charge in [0.15, 0.2) is 5.69 Å². The summed E-state index contributed by atoms with van der Waals surface area (Å²) < 4.78 is 4.61. The zero-order chi connectivity index (χ0) is 12.6. The van der Waals surface area contributed by atoms with E-state index in [1.54, 1.807) is 10.3 Å². The molecule has 0 aromatic carbocycles. The van der Waals surface area contributed by atoms with Gasteiger partial charge in [-0.15, -0.1) is 11.3 Å². The molecule has 5 nitrogen and oxygen atoms in total. The van der Waals surface area contributed by atoms with Crippen molar-refractivity contribution in [2.24, 2.45) is 0 Å². The molecule has 1 aromatic rings. The van der Waals surface area contributed by atoms with Gasteiger partial charge in [0.1, 0.15) is 5.01 Å². The number of ether oxygens (including phenoxy) is 1. The number of likely N-dealkylation sites (tertiary alicyclic amines) is 1. The third-order valence-corrected chi connectivity index (χ3v) is 4.10. The molecule has 0 N–H and O–H groups in total. The molecule has 1 aliphatic rings. The molecule has 92 valence electrons.